The van der Waals surface area contributed by atoms with E-state index in [0.717, 1.165) is 11.1 Å². The highest BCUT2D eigenvalue weighted by Gasteiger charge is 2.16. The molecule has 150 valence electrons. The average Bonchev–Trinajstić information content (AvgIpc) is 2.67. The molecular weight excluding hydrogens is 417 g/mol. The molecule has 0 unspecified atom stereocenters. The normalized spacial score (nSPS) is 10.6. The lowest BCUT2D eigenvalue weighted by molar-refractivity contribution is 0.210. The molecule has 3 rings (SSSR count). The van der Waals surface area contributed by atoms with E-state index in [-0.39, 0.29) is 12.4 Å². The molecule has 3 aromatic rings. The second-order valence-electron chi connectivity index (χ2n) is 6.47. The maximum absolute atomic E-state index is 13.4. The van der Waals surface area contributed by atoms with Crippen LogP contribution < -0.4 is 5.32 Å². The summed E-state index contributed by atoms with van der Waals surface area (Å²) in [5, 5.41) is 3.74. The van der Waals surface area contributed by atoms with Crippen molar-refractivity contribution in [1.29, 1.82) is 0 Å². The van der Waals surface area contributed by atoms with Crippen LogP contribution in [-0.4, -0.2) is 17.5 Å². The maximum Gasteiger partial charge on any atom is 0.322 e. The van der Waals surface area contributed by atoms with Crippen molar-refractivity contribution >= 4 is 34.9 Å². The van der Waals surface area contributed by atoms with Gasteiger partial charge < -0.3 is 10.2 Å². The number of anilines is 1. The Morgan fingerprint density at radius 3 is 2.38 bits per heavy atom. The zero-order chi connectivity index (χ0) is 20.8. The van der Waals surface area contributed by atoms with Crippen molar-refractivity contribution in [2.24, 2.45) is 0 Å². The summed E-state index contributed by atoms with van der Waals surface area (Å²) in [5.41, 5.74) is 1.96. The van der Waals surface area contributed by atoms with Crippen LogP contribution in [0.2, 0.25) is 10.0 Å². The van der Waals surface area contributed by atoms with Gasteiger partial charge >= 0.3 is 6.03 Å². The summed E-state index contributed by atoms with van der Waals surface area (Å²) in [4.78, 5) is 14.4. The number of hydrogen-bond donors (Lipinski definition) is 1. The minimum Gasteiger partial charge on any atom is -0.320 e. The standard InChI is InChI=1S/C22H18Cl2F2N2O/c23-17-7-6-16(21(24)12-17)10-11-28(14-15-4-8-18(25)9-5-15)22(29)27-20-3-1-2-19(26)13-20/h1-9,12-13H,10-11,14H2,(H,27,29). The lowest BCUT2D eigenvalue weighted by atomic mass is 10.1. The van der Waals surface area contributed by atoms with E-state index in [4.69, 9.17) is 23.2 Å². The van der Waals surface area contributed by atoms with Crippen LogP contribution in [0.1, 0.15) is 11.1 Å². The second kappa shape index (κ2) is 9.72. The molecule has 29 heavy (non-hydrogen) atoms. The van der Waals surface area contributed by atoms with Gasteiger partial charge in [-0.25, -0.2) is 13.6 Å². The lowest BCUT2D eigenvalue weighted by Gasteiger charge is -2.24. The van der Waals surface area contributed by atoms with E-state index >= 15 is 0 Å². The fourth-order valence-electron chi connectivity index (χ4n) is 2.81. The van der Waals surface area contributed by atoms with Crippen molar-refractivity contribution in [3.63, 3.8) is 0 Å². The van der Waals surface area contributed by atoms with Crippen molar-refractivity contribution in [2.75, 3.05) is 11.9 Å². The summed E-state index contributed by atoms with van der Waals surface area (Å²) >= 11 is 12.2. The van der Waals surface area contributed by atoms with Gasteiger partial charge in [-0.05, 0) is 60.0 Å². The van der Waals surface area contributed by atoms with E-state index < -0.39 is 11.8 Å². The van der Waals surface area contributed by atoms with Gasteiger partial charge in [0.1, 0.15) is 11.6 Å². The fraction of sp³-hybridized carbons (Fsp3) is 0.136. The molecule has 0 aliphatic carbocycles. The fourth-order valence-corrected chi connectivity index (χ4v) is 3.31. The van der Waals surface area contributed by atoms with Gasteiger partial charge in [-0.3, -0.25) is 0 Å². The first-order valence-electron chi connectivity index (χ1n) is 8.90. The van der Waals surface area contributed by atoms with Gasteiger partial charge in [0.15, 0.2) is 0 Å². The predicted molar refractivity (Wildman–Crippen MR) is 112 cm³/mol. The first kappa shape index (κ1) is 21.1. The predicted octanol–water partition coefficient (Wildman–Crippen LogP) is 6.55. The molecule has 7 heteroatoms. The first-order chi connectivity index (χ1) is 13.9. The smallest absolute Gasteiger partial charge is 0.320 e. The number of urea groups is 1. The quantitative estimate of drug-likeness (QED) is 0.468. The van der Waals surface area contributed by atoms with E-state index in [2.05, 4.69) is 5.32 Å². The summed E-state index contributed by atoms with van der Waals surface area (Å²) in [6.07, 6.45) is 0.494. The van der Waals surface area contributed by atoms with E-state index in [1.807, 2.05) is 6.07 Å². The SMILES string of the molecule is O=C(Nc1cccc(F)c1)N(CCc1ccc(Cl)cc1Cl)Cc1ccc(F)cc1. The monoisotopic (exact) mass is 434 g/mol. The third-order valence-corrected chi connectivity index (χ3v) is 4.90. The van der Waals surface area contributed by atoms with Gasteiger partial charge in [0, 0.05) is 28.8 Å². The summed E-state index contributed by atoms with van der Waals surface area (Å²) in [7, 11) is 0. The van der Waals surface area contributed by atoms with Crippen molar-refractivity contribution < 1.29 is 13.6 Å². The van der Waals surface area contributed by atoms with Gasteiger partial charge in [-0.2, -0.15) is 0 Å². The second-order valence-corrected chi connectivity index (χ2v) is 7.32. The zero-order valence-corrected chi connectivity index (χ0v) is 16.9. The number of carbonyl (C=O) groups excluding carboxylic acids is 1. The lowest BCUT2D eigenvalue weighted by Crippen LogP contribution is -2.36. The topological polar surface area (TPSA) is 32.3 Å². The molecule has 0 aliphatic rings. The molecule has 0 aliphatic heterocycles. The number of hydrogen-bond acceptors (Lipinski definition) is 1. The highest BCUT2D eigenvalue weighted by Crippen LogP contribution is 2.22. The number of benzene rings is 3. The molecule has 0 saturated carbocycles. The number of rotatable bonds is 6. The highest BCUT2D eigenvalue weighted by molar-refractivity contribution is 6.35. The molecule has 0 atom stereocenters. The number of halogens is 4. The molecule has 3 aromatic carbocycles. The van der Waals surface area contributed by atoms with E-state index in [0.29, 0.717) is 28.7 Å². The van der Waals surface area contributed by atoms with Gasteiger partial charge in [-0.1, -0.05) is 47.5 Å². The first-order valence-corrected chi connectivity index (χ1v) is 9.66. The van der Waals surface area contributed by atoms with Crippen molar-refractivity contribution in [3.8, 4) is 0 Å². The Kier molecular flexibility index (Phi) is 7.07. The van der Waals surface area contributed by atoms with Crippen LogP contribution in [-0.2, 0) is 13.0 Å². The molecule has 1 N–H and O–H groups in total. The Bertz CT molecular complexity index is 996. The molecule has 3 nitrogen and oxygen atoms in total. The number of nitrogens with one attached hydrogen (secondary N) is 1. The van der Waals surface area contributed by atoms with Crippen LogP contribution in [0, 0.1) is 11.6 Å². The molecule has 0 fully saturated rings. The summed E-state index contributed by atoms with van der Waals surface area (Å²) < 4.78 is 26.6. The van der Waals surface area contributed by atoms with Crippen LogP contribution in [0.5, 0.6) is 0 Å². The van der Waals surface area contributed by atoms with Crippen molar-refractivity contribution in [2.45, 2.75) is 13.0 Å². The molecule has 0 bridgehead atoms. The Morgan fingerprint density at radius 1 is 0.931 bits per heavy atom. The number of carbonyl (C=O) groups is 1. The van der Waals surface area contributed by atoms with Crippen LogP contribution in [0.3, 0.4) is 0 Å². The van der Waals surface area contributed by atoms with Gasteiger partial charge in [0.2, 0.25) is 0 Å². The Labute approximate surface area is 177 Å². The number of amides is 2. The van der Waals surface area contributed by atoms with Crippen LogP contribution >= 0.6 is 23.2 Å². The molecule has 2 amide bonds. The van der Waals surface area contributed by atoms with Crippen molar-refractivity contribution in [3.05, 3.63) is 99.5 Å². The summed E-state index contributed by atoms with van der Waals surface area (Å²) in [6.45, 7) is 0.604. The molecule has 0 aromatic heterocycles. The Balaban J connectivity index is 1.76. The maximum atomic E-state index is 13.4. The summed E-state index contributed by atoms with van der Waals surface area (Å²) in [6, 6.07) is 16.4. The molecule has 0 heterocycles. The van der Waals surface area contributed by atoms with Crippen LogP contribution in [0.25, 0.3) is 0 Å². The third-order valence-electron chi connectivity index (χ3n) is 4.32. The van der Waals surface area contributed by atoms with E-state index in [1.54, 1.807) is 35.2 Å². The Morgan fingerprint density at radius 2 is 1.69 bits per heavy atom. The minimum absolute atomic E-state index is 0.257. The summed E-state index contributed by atoms with van der Waals surface area (Å²) in [5.74, 6) is -0.793. The minimum atomic E-state index is -0.444. The van der Waals surface area contributed by atoms with E-state index in [9.17, 15) is 13.6 Å². The van der Waals surface area contributed by atoms with E-state index in [1.165, 1.54) is 30.3 Å². The van der Waals surface area contributed by atoms with Crippen LogP contribution in [0.15, 0.2) is 66.7 Å². The molecule has 0 radical (unpaired) electrons. The number of nitrogens with zero attached hydrogens (tertiary/aromatic N) is 1. The molecule has 0 saturated heterocycles. The van der Waals surface area contributed by atoms with Crippen LogP contribution in [0.4, 0.5) is 19.3 Å². The largest absolute Gasteiger partial charge is 0.322 e. The highest BCUT2D eigenvalue weighted by atomic mass is 35.5. The average molecular weight is 435 g/mol. The van der Waals surface area contributed by atoms with Crippen molar-refractivity contribution in [1.82, 2.24) is 4.90 Å². The Hall–Kier alpha value is -2.63. The van der Waals surface area contributed by atoms with Gasteiger partial charge in [-0.15, -0.1) is 0 Å². The zero-order valence-electron chi connectivity index (χ0n) is 15.3. The van der Waals surface area contributed by atoms with Gasteiger partial charge in [0.05, 0.1) is 0 Å². The molecule has 0 spiro atoms. The van der Waals surface area contributed by atoms with Gasteiger partial charge in [0.25, 0.3) is 0 Å². The molecular formula is C22H18Cl2F2N2O. The third kappa shape index (κ3) is 6.17.